The van der Waals surface area contributed by atoms with E-state index in [1.165, 1.54) is 10.9 Å². The molecule has 0 radical (unpaired) electrons. The van der Waals surface area contributed by atoms with Crippen molar-refractivity contribution in [1.29, 1.82) is 0 Å². The molecular formula is C28H40N6O5. The lowest BCUT2D eigenvalue weighted by Crippen LogP contribution is -2.78. The van der Waals surface area contributed by atoms with Crippen molar-refractivity contribution >= 4 is 34.5 Å². The van der Waals surface area contributed by atoms with Crippen LogP contribution in [-0.2, 0) is 27.3 Å². The van der Waals surface area contributed by atoms with Crippen molar-refractivity contribution in [2.45, 2.75) is 51.3 Å². The van der Waals surface area contributed by atoms with Crippen LogP contribution in [0.15, 0.2) is 60.8 Å². The molecular weight excluding hydrogens is 500 g/mol. The van der Waals surface area contributed by atoms with Crippen molar-refractivity contribution in [1.82, 2.24) is 4.57 Å². The quantitative estimate of drug-likeness (QED) is 0.0826. The number of para-hydroxylation sites is 1. The molecule has 2 atom stereocenters. The molecule has 0 aliphatic heterocycles. The molecule has 0 fully saturated rings. The summed E-state index contributed by atoms with van der Waals surface area (Å²) in [6, 6.07) is 17.5. The fourth-order valence-electron chi connectivity index (χ4n) is 3.88. The van der Waals surface area contributed by atoms with Crippen molar-refractivity contribution in [3.05, 3.63) is 66.4 Å². The molecule has 212 valence electrons. The van der Waals surface area contributed by atoms with Gasteiger partial charge in [0.25, 0.3) is 0 Å². The molecule has 0 amide bonds. The van der Waals surface area contributed by atoms with Crippen molar-refractivity contribution < 1.29 is 29.5 Å². The molecule has 0 aliphatic rings. The first kappa shape index (κ1) is 31.1. The molecule has 3 aromatic rings. The number of aliphatic carboxylic acids is 2. The second-order valence-electron chi connectivity index (χ2n) is 8.98. The summed E-state index contributed by atoms with van der Waals surface area (Å²) in [6.45, 7) is 4.50. The minimum Gasteiger partial charge on any atom is -0.547 e. The van der Waals surface area contributed by atoms with Crippen molar-refractivity contribution in [2.75, 3.05) is 25.0 Å². The summed E-state index contributed by atoms with van der Waals surface area (Å²) in [7, 11) is 0. The van der Waals surface area contributed by atoms with Gasteiger partial charge < -0.3 is 35.4 Å². The van der Waals surface area contributed by atoms with Gasteiger partial charge in [-0.25, -0.2) is 0 Å². The van der Waals surface area contributed by atoms with E-state index in [2.05, 4.69) is 51.4 Å². The predicted octanol–water partition coefficient (Wildman–Crippen LogP) is -0.626. The molecule has 0 saturated carbocycles. The van der Waals surface area contributed by atoms with E-state index in [4.69, 9.17) is 27.0 Å². The SMILES string of the molecule is CCOC(Cc1ccc(NCCCn2ccc3ccccc32)cc1)C(=O)[O-].NC(N)=[NH+]CCCC(N)C(=O)O. The van der Waals surface area contributed by atoms with Crippen LogP contribution >= 0.6 is 0 Å². The Balaban J connectivity index is 0.000000377. The predicted molar refractivity (Wildman–Crippen MR) is 150 cm³/mol. The number of benzene rings is 2. The fourth-order valence-corrected chi connectivity index (χ4v) is 3.88. The number of hydrogen-bond donors (Lipinski definition) is 6. The van der Waals surface area contributed by atoms with Crippen LogP contribution < -0.4 is 32.6 Å². The number of nitrogens with two attached hydrogens (primary N) is 3. The van der Waals surface area contributed by atoms with Gasteiger partial charge in [0, 0.05) is 43.5 Å². The van der Waals surface area contributed by atoms with E-state index in [1.54, 1.807) is 6.92 Å². The van der Waals surface area contributed by atoms with E-state index in [-0.39, 0.29) is 5.96 Å². The van der Waals surface area contributed by atoms with Gasteiger partial charge in [-0.05, 0) is 61.4 Å². The van der Waals surface area contributed by atoms with Gasteiger partial charge in [0.1, 0.15) is 12.1 Å². The summed E-state index contributed by atoms with van der Waals surface area (Å²) in [5.41, 5.74) is 18.7. The molecule has 3 rings (SSSR count). The molecule has 2 aromatic carbocycles. The molecule has 11 heteroatoms. The van der Waals surface area contributed by atoms with Gasteiger partial charge in [-0.3, -0.25) is 21.3 Å². The van der Waals surface area contributed by atoms with Crippen LogP contribution in [0.4, 0.5) is 5.69 Å². The lowest BCUT2D eigenvalue weighted by molar-refractivity contribution is -0.459. The number of fused-ring (bicyclic) bond motifs is 1. The fraction of sp³-hybridized carbons (Fsp3) is 0.393. The second-order valence-corrected chi connectivity index (χ2v) is 8.98. The number of carboxylic acid groups (broad SMARTS) is 2. The van der Waals surface area contributed by atoms with Crippen LogP contribution in [0.5, 0.6) is 0 Å². The highest BCUT2D eigenvalue weighted by molar-refractivity contribution is 5.79. The zero-order valence-electron chi connectivity index (χ0n) is 22.3. The van der Waals surface area contributed by atoms with Crippen LogP contribution in [0.1, 0.15) is 31.7 Å². The largest absolute Gasteiger partial charge is 0.547 e. The van der Waals surface area contributed by atoms with Gasteiger partial charge in [0.2, 0.25) is 0 Å². The monoisotopic (exact) mass is 540 g/mol. The lowest BCUT2D eigenvalue weighted by atomic mass is 10.1. The number of nitrogens with zero attached hydrogens (tertiary/aromatic N) is 1. The maximum atomic E-state index is 11.1. The number of hydrogen-bond acceptors (Lipinski definition) is 6. The maximum absolute atomic E-state index is 11.1. The normalized spacial score (nSPS) is 12.2. The molecule has 2 unspecified atom stereocenters. The Bertz CT molecular complexity index is 1190. The van der Waals surface area contributed by atoms with Gasteiger partial charge in [-0.15, -0.1) is 0 Å². The first-order valence-electron chi connectivity index (χ1n) is 13.0. The van der Waals surface area contributed by atoms with Gasteiger partial charge in [-0.1, -0.05) is 30.3 Å². The third-order valence-electron chi connectivity index (χ3n) is 5.93. The number of guanidine groups is 1. The zero-order chi connectivity index (χ0) is 28.6. The van der Waals surface area contributed by atoms with Gasteiger partial charge in [0.05, 0.1) is 12.5 Å². The van der Waals surface area contributed by atoms with Crippen LogP contribution in [0.2, 0.25) is 0 Å². The molecule has 9 N–H and O–H groups in total. The van der Waals surface area contributed by atoms with Crippen molar-refractivity contribution in [3.63, 3.8) is 0 Å². The van der Waals surface area contributed by atoms with Crippen LogP contribution in [0.25, 0.3) is 10.9 Å². The summed E-state index contributed by atoms with van der Waals surface area (Å²) in [5.74, 6) is -2.02. The average Bonchev–Trinajstić information content (AvgIpc) is 3.33. The second kappa shape index (κ2) is 16.7. The van der Waals surface area contributed by atoms with E-state index in [1.807, 2.05) is 24.3 Å². The Labute approximate surface area is 228 Å². The Morgan fingerprint density at radius 3 is 2.46 bits per heavy atom. The third kappa shape index (κ3) is 11.5. The van der Waals surface area contributed by atoms with Crippen LogP contribution in [0, 0.1) is 0 Å². The number of nitrogens with one attached hydrogen (secondary N) is 2. The van der Waals surface area contributed by atoms with Crippen molar-refractivity contribution in [2.24, 2.45) is 17.2 Å². The molecule has 0 bridgehead atoms. The van der Waals surface area contributed by atoms with Crippen LogP contribution in [0.3, 0.4) is 0 Å². The zero-order valence-corrected chi connectivity index (χ0v) is 22.3. The number of anilines is 1. The number of carbonyl (C=O) groups is 2. The molecule has 0 saturated heterocycles. The summed E-state index contributed by atoms with van der Waals surface area (Å²) in [5, 5.41) is 24.1. The Morgan fingerprint density at radius 1 is 1.10 bits per heavy atom. The maximum Gasteiger partial charge on any atom is 0.338 e. The first-order valence-corrected chi connectivity index (χ1v) is 13.0. The number of aryl methyl sites for hydroxylation is 1. The average molecular weight is 541 g/mol. The topological polar surface area (TPSA) is 196 Å². The molecule has 11 nitrogen and oxygen atoms in total. The standard InChI is InChI=1S/C22H26N2O3.C6H14N4O2/c1-2-27-21(22(25)26)16-17-8-10-19(11-9-17)23-13-5-14-24-15-12-18-6-3-4-7-20(18)24;7-4(5(11)12)2-1-3-10-6(8)9/h3-4,6-12,15,21,23H,2,5,13-14,16H2,1H3,(H,25,26);4H,1-3,7H2,(H,11,12)(H4,8,9,10). The number of carboxylic acids is 2. The van der Waals surface area contributed by atoms with E-state index in [0.29, 0.717) is 32.4 Å². The number of rotatable bonds is 15. The van der Waals surface area contributed by atoms with E-state index in [0.717, 1.165) is 30.8 Å². The van der Waals surface area contributed by atoms with Crippen molar-refractivity contribution in [3.8, 4) is 0 Å². The first-order chi connectivity index (χ1) is 18.7. The molecule has 0 aliphatic carbocycles. The minimum atomic E-state index is -1.17. The summed E-state index contributed by atoms with van der Waals surface area (Å²) in [4.78, 5) is 24.0. The molecule has 39 heavy (non-hydrogen) atoms. The smallest absolute Gasteiger partial charge is 0.338 e. The van der Waals surface area contributed by atoms with E-state index in [9.17, 15) is 14.7 Å². The lowest BCUT2D eigenvalue weighted by Gasteiger charge is -2.18. The molecule has 0 spiro atoms. The molecule has 1 aromatic heterocycles. The van der Waals surface area contributed by atoms with Gasteiger partial charge in [0.15, 0.2) is 0 Å². The summed E-state index contributed by atoms with van der Waals surface area (Å²) < 4.78 is 7.47. The highest BCUT2D eigenvalue weighted by Crippen LogP contribution is 2.16. The van der Waals surface area contributed by atoms with Gasteiger partial charge in [-0.2, -0.15) is 0 Å². The summed E-state index contributed by atoms with van der Waals surface area (Å²) >= 11 is 0. The number of carbonyl (C=O) groups excluding carboxylic acids is 1. The summed E-state index contributed by atoms with van der Waals surface area (Å²) in [6.07, 6.45) is 3.60. The Morgan fingerprint density at radius 2 is 1.82 bits per heavy atom. The minimum absolute atomic E-state index is 0.138. The van der Waals surface area contributed by atoms with E-state index < -0.39 is 24.1 Å². The van der Waals surface area contributed by atoms with Gasteiger partial charge >= 0.3 is 11.9 Å². The Kier molecular flexibility index (Phi) is 13.3. The Hall–Kier alpha value is -4.09. The number of aromatic nitrogens is 1. The highest BCUT2D eigenvalue weighted by Gasteiger charge is 2.11. The van der Waals surface area contributed by atoms with Crippen LogP contribution in [-0.4, -0.2) is 59.4 Å². The third-order valence-corrected chi connectivity index (χ3v) is 5.93. The molecule has 1 heterocycles. The highest BCUT2D eigenvalue weighted by atomic mass is 16.5. The van der Waals surface area contributed by atoms with E-state index >= 15 is 0 Å². The number of ether oxygens (including phenoxy) is 1.